The number of ether oxygens (including phenoxy) is 1. The highest BCUT2D eigenvalue weighted by Crippen LogP contribution is 2.36. The summed E-state index contributed by atoms with van der Waals surface area (Å²) in [5, 5.41) is 11.1. The Hall–Kier alpha value is -1.32. The molecule has 0 saturated carbocycles. The van der Waals surface area contributed by atoms with E-state index in [-0.39, 0.29) is 6.10 Å². The molecule has 96 valence electrons. The summed E-state index contributed by atoms with van der Waals surface area (Å²) < 4.78 is 5.79. The number of benzene rings is 1. The average molecular weight is 245 g/mol. The second-order valence-electron chi connectivity index (χ2n) is 4.98. The minimum absolute atomic E-state index is 0.169. The summed E-state index contributed by atoms with van der Waals surface area (Å²) in [6, 6.07) is 6.14. The van der Waals surface area contributed by atoms with Crippen molar-refractivity contribution >= 4 is 10.9 Å². The highest BCUT2D eigenvalue weighted by Gasteiger charge is 2.24. The third-order valence-electron chi connectivity index (χ3n) is 3.82. The van der Waals surface area contributed by atoms with E-state index in [2.05, 4.69) is 18.0 Å². The summed E-state index contributed by atoms with van der Waals surface area (Å²) in [5.41, 5.74) is 4.61. The van der Waals surface area contributed by atoms with Gasteiger partial charge in [-0.25, -0.2) is 0 Å². The molecule has 3 heteroatoms. The number of aliphatic hydroxyl groups excluding tert-OH is 1. The zero-order valence-corrected chi connectivity index (χ0v) is 10.9. The lowest BCUT2D eigenvalue weighted by Gasteiger charge is -2.22. The summed E-state index contributed by atoms with van der Waals surface area (Å²) in [6.07, 6.45) is 1.65. The van der Waals surface area contributed by atoms with E-state index in [1.165, 1.54) is 16.6 Å². The van der Waals surface area contributed by atoms with E-state index in [0.717, 1.165) is 30.5 Å². The first kappa shape index (κ1) is 11.8. The number of rotatable bonds is 2. The molecule has 2 unspecified atom stereocenters. The van der Waals surface area contributed by atoms with E-state index in [9.17, 15) is 5.11 Å². The van der Waals surface area contributed by atoms with Gasteiger partial charge in [0, 0.05) is 16.6 Å². The van der Waals surface area contributed by atoms with Gasteiger partial charge >= 0.3 is 0 Å². The van der Waals surface area contributed by atoms with Crippen LogP contribution in [-0.2, 0) is 11.2 Å². The summed E-state index contributed by atoms with van der Waals surface area (Å²) in [7, 11) is 0. The Morgan fingerprint density at radius 2 is 2.33 bits per heavy atom. The quantitative estimate of drug-likeness (QED) is 0.853. The van der Waals surface area contributed by atoms with Crippen molar-refractivity contribution in [2.45, 2.75) is 38.9 Å². The molecule has 2 atom stereocenters. The minimum atomic E-state index is -0.449. The van der Waals surface area contributed by atoms with E-state index in [0.29, 0.717) is 0 Å². The molecule has 18 heavy (non-hydrogen) atoms. The molecular formula is C15H19NO2. The number of para-hydroxylation sites is 1. The number of hydrogen-bond acceptors (Lipinski definition) is 2. The van der Waals surface area contributed by atoms with Crippen molar-refractivity contribution in [3.8, 4) is 0 Å². The molecule has 1 aromatic carbocycles. The maximum Gasteiger partial charge on any atom is 0.0973 e. The van der Waals surface area contributed by atoms with Crippen LogP contribution in [0, 0.1) is 0 Å². The zero-order chi connectivity index (χ0) is 12.7. The molecule has 0 fully saturated rings. The van der Waals surface area contributed by atoms with Crippen LogP contribution in [0.4, 0.5) is 0 Å². The van der Waals surface area contributed by atoms with E-state index < -0.39 is 6.10 Å². The summed E-state index contributed by atoms with van der Waals surface area (Å²) in [5.74, 6) is 0. The minimum Gasteiger partial charge on any atom is -0.389 e. The first-order valence-electron chi connectivity index (χ1n) is 6.65. The normalized spacial score (nSPS) is 20.9. The van der Waals surface area contributed by atoms with Crippen molar-refractivity contribution in [2.75, 3.05) is 6.61 Å². The maximum absolute atomic E-state index is 9.85. The van der Waals surface area contributed by atoms with Crippen LogP contribution in [0.15, 0.2) is 18.2 Å². The van der Waals surface area contributed by atoms with Crippen molar-refractivity contribution in [1.29, 1.82) is 0 Å². The van der Waals surface area contributed by atoms with Gasteiger partial charge in [-0.2, -0.15) is 0 Å². The van der Waals surface area contributed by atoms with Gasteiger partial charge in [-0.15, -0.1) is 0 Å². The lowest BCUT2D eigenvalue weighted by Crippen LogP contribution is -2.14. The molecule has 1 aliphatic heterocycles. The second kappa shape index (κ2) is 4.41. The van der Waals surface area contributed by atoms with Crippen molar-refractivity contribution in [3.63, 3.8) is 0 Å². The second-order valence-corrected chi connectivity index (χ2v) is 4.98. The smallest absolute Gasteiger partial charge is 0.0973 e. The molecule has 0 spiro atoms. The highest BCUT2D eigenvalue weighted by molar-refractivity contribution is 5.88. The van der Waals surface area contributed by atoms with Gasteiger partial charge in [0.05, 0.1) is 24.3 Å². The van der Waals surface area contributed by atoms with Gasteiger partial charge in [0.2, 0.25) is 0 Å². The molecule has 2 heterocycles. The van der Waals surface area contributed by atoms with Crippen molar-refractivity contribution in [3.05, 3.63) is 35.0 Å². The fourth-order valence-corrected chi connectivity index (χ4v) is 2.92. The standard InChI is InChI=1S/C15H19NO2/c1-3-13-15-12(7-8-18-13)11-6-4-5-10(9(2)17)14(11)16-15/h4-6,9,13,16-17H,3,7-8H2,1-2H3. The Bertz CT molecular complexity index is 571. The molecule has 2 aromatic rings. The predicted molar refractivity (Wildman–Crippen MR) is 71.6 cm³/mol. The van der Waals surface area contributed by atoms with Crippen LogP contribution >= 0.6 is 0 Å². The van der Waals surface area contributed by atoms with E-state index >= 15 is 0 Å². The molecule has 0 aliphatic carbocycles. The number of fused-ring (bicyclic) bond motifs is 3. The van der Waals surface area contributed by atoms with E-state index in [1.54, 1.807) is 0 Å². The fourth-order valence-electron chi connectivity index (χ4n) is 2.92. The Morgan fingerprint density at radius 1 is 1.50 bits per heavy atom. The van der Waals surface area contributed by atoms with Gasteiger partial charge in [0.15, 0.2) is 0 Å². The van der Waals surface area contributed by atoms with Crippen LogP contribution in [-0.4, -0.2) is 16.7 Å². The van der Waals surface area contributed by atoms with Gasteiger partial charge in [-0.3, -0.25) is 0 Å². The summed E-state index contributed by atoms with van der Waals surface area (Å²) in [6.45, 7) is 4.74. The van der Waals surface area contributed by atoms with Gasteiger partial charge in [0.1, 0.15) is 0 Å². The molecule has 0 radical (unpaired) electrons. The Kier molecular flexibility index (Phi) is 2.88. The van der Waals surface area contributed by atoms with Crippen LogP contribution < -0.4 is 0 Å². The largest absolute Gasteiger partial charge is 0.389 e. The number of nitrogens with one attached hydrogen (secondary N) is 1. The Morgan fingerprint density at radius 3 is 3.06 bits per heavy atom. The van der Waals surface area contributed by atoms with Gasteiger partial charge in [0.25, 0.3) is 0 Å². The molecule has 0 amide bonds. The Balaban J connectivity index is 2.25. The van der Waals surface area contributed by atoms with Crippen LogP contribution in [0.1, 0.15) is 49.3 Å². The monoisotopic (exact) mass is 245 g/mol. The number of H-pyrrole nitrogens is 1. The van der Waals surface area contributed by atoms with Gasteiger partial charge < -0.3 is 14.8 Å². The Labute approximate surface area is 107 Å². The van der Waals surface area contributed by atoms with Crippen LogP contribution in [0.5, 0.6) is 0 Å². The number of aromatic amines is 1. The molecule has 0 bridgehead atoms. The van der Waals surface area contributed by atoms with E-state index in [1.807, 2.05) is 19.1 Å². The third-order valence-corrected chi connectivity index (χ3v) is 3.82. The van der Waals surface area contributed by atoms with Crippen molar-refractivity contribution in [1.82, 2.24) is 4.98 Å². The van der Waals surface area contributed by atoms with Crippen molar-refractivity contribution < 1.29 is 9.84 Å². The fraction of sp³-hybridized carbons (Fsp3) is 0.467. The highest BCUT2D eigenvalue weighted by atomic mass is 16.5. The first-order chi connectivity index (χ1) is 8.72. The number of hydrogen-bond donors (Lipinski definition) is 2. The molecule has 3 rings (SSSR count). The molecular weight excluding hydrogens is 226 g/mol. The predicted octanol–water partition coefficient (Wildman–Crippen LogP) is 3.25. The lowest BCUT2D eigenvalue weighted by molar-refractivity contribution is 0.0377. The number of aromatic nitrogens is 1. The SMILES string of the molecule is CCC1OCCc2c1[nH]c1c(C(C)O)cccc21. The topological polar surface area (TPSA) is 45.2 Å². The third kappa shape index (κ3) is 1.66. The number of aliphatic hydroxyl groups is 1. The zero-order valence-electron chi connectivity index (χ0n) is 10.9. The molecule has 1 aromatic heterocycles. The van der Waals surface area contributed by atoms with Crippen LogP contribution in [0.2, 0.25) is 0 Å². The summed E-state index contributed by atoms with van der Waals surface area (Å²) in [4.78, 5) is 3.48. The average Bonchev–Trinajstić information content (AvgIpc) is 2.76. The lowest BCUT2D eigenvalue weighted by atomic mass is 9.99. The summed E-state index contributed by atoms with van der Waals surface area (Å²) >= 11 is 0. The van der Waals surface area contributed by atoms with Crippen LogP contribution in [0.3, 0.4) is 0 Å². The molecule has 1 aliphatic rings. The first-order valence-corrected chi connectivity index (χ1v) is 6.65. The molecule has 2 N–H and O–H groups in total. The molecule has 3 nitrogen and oxygen atoms in total. The van der Waals surface area contributed by atoms with Crippen molar-refractivity contribution in [2.24, 2.45) is 0 Å². The molecule has 0 saturated heterocycles. The van der Waals surface area contributed by atoms with Crippen LogP contribution in [0.25, 0.3) is 10.9 Å². The van der Waals surface area contributed by atoms with Gasteiger partial charge in [-0.05, 0) is 25.3 Å². The van der Waals surface area contributed by atoms with Gasteiger partial charge in [-0.1, -0.05) is 25.1 Å². The van der Waals surface area contributed by atoms with E-state index in [4.69, 9.17) is 4.74 Å². The maximum atomic E-state index is 9.85.